The Kier molecular flexibility index (Phi) is 6.39. The number of nitrogens with one attached hydrogen (secondary N) is 2. The fourth-order valence-electron chi connectivity index (χ4n) is 2.08. The summed E-state index contributed by atoms with van der Waals surface area (Å²) in [7, 11) is -3.97. The van der Waals surface area contributed by atoms with Crippen molar-refractivity contribution in [2.24, 2.45) is 0 Å². The van der Waals surface area contributed by atoms with Crippen LogP contribution in [0.1, 0.15) is 12.5 Å². The van der Waals surface area contributed by atoms with Crippen LogP contribution in [-0.4, -0.2) is 31.2 Å². The van der Waals surface area contributed by atoms with Gasteiger partial charge >= 0.3 is 0 Å². The van der Waals surface area contributed by atoms with E-state index >= 15 is 0 Å². The highest BCUT2D eigenvalue weighted by molar-refractivity contribution is 7.93. The van der Waals surface area contributed by atoms with Crippen LogP contribution in [0.3, 0.4) is 0 Å². The number of anilines is 2. The lowest BCUT2D eigenvalue weighted by Crippen LogP contribution is -2.37. The summed E-state index contributed by atoms with van der Waals surface area (Å²) in [6.07, 6.45) is 0. The summed E-state index contributed by atoms with van der Waals surface area (Å²) < 4.78 is 24.7. The molecule has 2 amide bonds. The summed E-state index contributed by atoms with van der Waals surface area (Å²) >= 11 is 5.76. The number of hydrogen-bond donors (Lipinski definition) is 2. The zero-order valence-electron chi connectivity index (χ0n) is 14.3. The van der Waals surface area contributed by atoms with E-state index in [1.54, 1.807) is 48.5 Å². The third-order valence-corrected chi connectivity index (χ3v) is 5.90. The molecule has 0 aliphatic heterocycles. The van der Waals surface area contributed by atoms with Crippen LogP contribution in [0.15, 0.2) is 48.5 Å². The van der Waals surface area contributed by atoms with Crippen molar-refractivity contribution < 1.29 is 18.0 Å². The lowest BCUT2D eigenvalue weighted by atomic mass is 10.2. The lowest BCUT2D eigenvalue weighted by Gasteiger charge is -2.13. The monoisotopic (exact) mass is 394 g/mol. The lowest BCUT2D eigenvalue weighted by molar-refractivity contribution is -0.115. The number of sulfone groups is 1. The molecule has 0 heterocycles. The maximum Gasteiger partial charge on any atom is 0.242 e. The molecule has 1 atom stereocenters. The van der Waals surface area contributed by atoms with Gasteiger partial charge in [0.15, 0.2) is 9.84 Å². The highest BCUT2D eigenvalue weighted by Gasteiger charge is 2.30. The number of halogens is 1. The Bertz CT molecular complexity index is 894. The standard InChI is InChI=1S/C18H19ClN2O4S/c1-12-3-7-15(8-4-12)20-17(22)11-26(24,25)13(2)18(23)21-16-9-5-14(19)6-10-16/h3-10,13H,11H2,1-2H3,(H,20,22)(H,21,23). The minimum Gasteiger partial charge on any atom is -0.325 e. The number of hydrogen-bond acceptors (Lipinski definition) is 4. The molecule has 138 valence electrons. The van der Waals surface area contributed by atoms with Crippen molar-refractivity contribution in [3.05, 3.63) is 59.1 Å². The Labute approximate surface area is 157 Å². The first-order valence-electron chi connectivity index (χ1n) is 7.82. The van der Waals surface area contributed by atoms with Gasteiger partial charge in [0.1, 0.15) is 11.0 Å². The summed E-state index contributed by atoms with van der Waals surface area (Å²) in [5, 5.41) is 4.13. The Balaban J connectivity index is 1.98. The maximum atomic E-state index is 12.3. The topological polar surface area (TPSA) is 92.3 Å². The molecule has 2 rings (SSSR count). The molecule has 0 radical (unpaired) electrons. The Morgan fingerprint density at radius 3 is 2.04 bits per heavy atom. The van der Waals surface area contributed by atoms with E-state index in [9.17, 15) is 18.0 Å². The first-order chi connectivity index (χ1) is 12.2. The summed E-state index contributed by atoms with van der Waals surface area (Å²) in [6.45, 7) is 3.15. The van der Waals surface area contributed by atoms with Crippen LogP contribution in [0.5, 0.6) is 0 Å². The first-order valence-corrected chi connectivity index (χ1v) is 9.91. The van der Waals surface area contributed by atoms with Gasteiger partial charge in [-0.1, -0.05) is 29.3 Å². The summed E-state index contributed by atoms with van der Waals surface area (Å²) in [6, 6.07) is 13.2. The Hall–Kier alpha value is -2.38. The molecule has 6 nitrogen and oxygen atoms in total. The zero-order valence-corrected chi connectivity index (χ0v) is 15.9. The van der Waals surface area contributed by atoms with Crippen molar-refractivity contribution in [2.45, 2.75) is 19.1 Å². The van der Waals surface area contributed by atoms with E-state index < -0.39 is 32.7 Å². The van der Waals surface area contributed by atoms with Crippen molar-refractivity contribution in [1.82, 2.24) is 0 Å². The van der Waals surface area contributed by atoms with E-state index in [2.05, 4.69) is 10.6 Å². The molecule has 8 heteroatoms. The van der Waals surface area contributed by atoms with Gasteiger partial charge in [-0.15, -0.1) is 0 Å². The number of benzene rings is 2. The second-order valence-corrected chi connectivity index (χ2v) is 8.62. The molecular formula is C18H19ClN2O4S. The van der Waals surface area contributed by atoms with Crippen LogP contribution in [0.4, 0.5) is 11.4 Å². The van der Waals surface area contributed by atoms with Gasteiger partial charge in [-0.3, -0.25) is 9.59 Å². The number of amides is 2. The van der Waals surface area contributed by atoms with Gasteiger partial charge in [-0.25, -0.2) is 8.42 Å². The molecule has 2 aromatic rings. The second-order valence-electron chi connectivity index (χ2n) is 5.86. The highest BCUT2D eigenvalue weighted by atomic mass is 35.5. The molecule has 0 bridgehead atoms. The van der Waals surface area contributed by atoms with E-state index in [-0.39, 0.29) is 0 Å². The Morgan fingerprint density at radius 2 is 1.46 bits per heavy atom. The van der Waals surface area contributed by atoms with Crippen molar-refractivity contribution in [3.63, 3.8) is 0 Å². The molecule has 2 N–H and O–H groups in total. The maximum absolute atomic E-state index is 12.3. The third kappa shape index (κ3) is 5.57. The number of carbonyl (C=O) groups excluding carboxylic acids is 2. The fourth-order valence-corrected chi connectivity index (χ4v) is 3.28. The van der Waals surface area contributed by atoms with Gasteiger partial charge < -0.3 is 10.6 Å². The van der Waals surface area contributed by atoms with Gasteiger partial charge in [-0.05, 0) is 50.2 Å². The highest BCUT2D eigenvalue weighted by Crippen LogP contribution is 2.15. The quantitative estimate of drug-likeness (QED) is 0.787. The molecule has 0 fully saturated rings. The predicted molar refractivity (Wildman–Crippen MR) is 103 cm³/mol. The first kappa shape index (κ1) is 19.9. The van der Waals surface area contributed by atoms with Crippen LogP contribution in [0, 0.1) is 6.92 Å². The van der Waals surface area contributed by atoms with Gasteiger partial charge in [0.2, 0.25) is 11.8 Å². The minimum absolute atomic E-state index is 0.422. The van der Waals surface area contributed by atoms with Crippen LogP contribution in [0.25, 0.3) is 0 Å². The average molecular weight is 395 g/mol. The number of rotatable bonds is 6. The largest absolute Gasteiger partial charge is 0.325 e. The summed E-state index contributed by atoms with van der Waals surface area (Å²) in [5.74, 6) is -2.19. The molecule has 1 unspecified atom stereocenters. The van der Waals surface area contributed by atoms with Crippen LogP contribution < -0.4 is 10.6 Å². The minimum atomic E-state index is -3.97. The van der Waals surface area contributed by atoms with Gasteiger partial charge in [0, 0.05) is 16.4 Å². The summed E-state index contributed by atoms with van der Waals surface area (Å²) in [5.41, 5.74) is 1.93. The molecule has 2 aromatic carbocycles. The van der Waals surface area contributed by atoms with Gasteiger partial charge in [-0.2, -0.15) is 0 Å². The molecule has 0 aliphatic carbocycles. The molecule has 26 heavy (non-hydrogen) atoms. The summed E-state index contributed by atoms with van der Waals surface area (Å²) in [4.78, 5) is 24.2. The van der Waals surface area contributed by atoms with Gasteiger partial charge in [0.25, 0.3) is 0 Å². The molecular weight excluding hydrogens is 376 g/mol. The molecule has 0 saturated carbocycles. The van der Waals surface area contributed by atoms with E-state index in [1.807, 2.05) is 6.92 Å². The van der Waals surface area contributed by atoms with Crippen molar-refractivity contribution >= 4 is 44.6 Å². The SMILES string of the molecule is Cc1ccc(NC(=O)CS(=O)(=O)C(C)C(=O)Nc2ccc(Cl)cc2)cc1. The van der Waals surface area contributed by atoms with Gasteiger partial charge in [0.05, 0.1) is 0 Å². The Morgan fingerprint density at radius 1 is 0.962 bits per heavy atom. The van der Waals surface area contributed by atoms with Crippen LogP contribution >= 0.6 is 11.6 Å². The number of carbonyl (C=O) groups is 2. The van der Waals surface area contributed by atoms with Crippen LogP contribution in [-0.2, 0) is 19.4 Å². The molecule has 0 spiro atoms. The molecule has 0 aliphatic rings. The van der Waals surface area contributed by atoms with E-state index in [0.29, 0.717) is 16.4 Å². The van der Waals surface area contributed by atoms with Crippen LogP contribution in [0.2, 0.25) is 5.02 Å². The third-order valence-electron chi connectivity index (χ3n) is 3.69. The fraction of sp³-hybridized carbons (Fsp3) is 0.222. The smallest absolute Gasteiger partial charge is 0.242 e. The second kappa shape index (κ2) is 8.33. The van der Waals surface area contributed by atoms with E-state index in [1.165, 1.54) is 6.92 Å². The van der Waals surface area contributed by atoms with Crippen molar-refractivity contribution in [3.8, 4) is 0 Å². The van der Waals surface area contributed by atoms with E-state index in [0.717, 1.165) is 5.56 Å². The van der Waals surface area contributed by atoms with Crippen molar-refractivity contribution in [1.29, 1.82) is 0 Å². The zero-order chi connectivity index (χ0) is 19.3. The van der Waals surface area contributed by atoms with E-state index in [4.69, 9.17) is 11.6 Å². The molecule has 0 aromatic heterocycles. The van der Waals surface area contributed by atoms with Crippen molar-refractivity contribution in [2.75, 3.05) is 16.4 Å². The number of aryl methyl sites for hydroxylation is 1. The average Bonchev–Trinajstić information content (AvgIpc) is 2.57. The predicted octanol–water partition coefficient (Wildman–Crippen LogP) is 3.03. The normalized spacial score (nSPS) is 12.3. The molecule has 0 saturated heterocycles.